The summed E-state index contributed by atoms with van der Waals surface area (Å²) < 4.78 is 1.11. The molecule has 0 aliphatic carbocycles. The highest BCUT2D eigenvalue weighted by atomic mass is 32.2. The van der Waals surface area contributed by atoms with Crippen LogP contribution in [0.5, 0.6) is 0 Å². The second kappa shape index (κ2) is 8.28. The summed E-state index contributed by atoms with van der Waals surface area (Å²) in [5.74, 6) is -0.403. The number of nitrogens with zero attached hydrogens (tertiary/aromatic N) is 3. The van der Waals surface area contributed by atoms with Gasteiger partial charge in [-0.25, -0.2) is 9.97 Å². The number of aryl methyl sites for hydroxylation is 1. The third kappa shape index (κ3) is 4.18. The molecule has 2 heterocycles. The van der Waals surface area contributed by atoms with E-state index >= 15 is 0 Å². The van der Waals surface area contributed by atoms with Crippen molar-refractivity contribution < 1.29 is 9.59 Å². The third-order valence-electron chi connectivity index (χ3n) is 4.68. The van der Waals surface area contributed by atoms with Gasteiger partial charge in [0.05, 0.1) is 28.1 Å². The third-order valence-corrected chi connectivity index (χ3v) is 6.66. The number of primary amides is 1. The van der Waals surface area contributed by atoms with Crippen LogP contribution in [-0.4, -0.2) is 39.5 Å². The van der Waals surface area contributed by atoms with Gasteiger partial charge in [-0.15, -0.1) is 11.3 Å². The lowest BCUT2D eigenvalue weighted by atomic mass is 10.0. The lowest BCUT2D eigenvalue weighted by Gasteiger charge is -2.17. The zero-order valence-electron chi connectivity index (χ0n) is 16.3. The number of hydrogen-bond donors (Lipinski definition) is 1. The summed E-state index contributed by atoms with van der Waals surface area (Å²) in [6, 6.07) is 7.91. The van der Waals surface area contributed by atoms with Crippen LogP contribution in [0.3, 0.4) is 0 Å². The molecule has 0 bridgehead atoms. The predicted octanol–water partition coefficient (Wildman–Crippen LogP) is 3.47. The fourth-order valence-corrected chi connectivity index (χ4v) is 4.93. The maximum atomic E-state index is 12.6. The zero-order valence-corrected chi connectivity index (χ0v) is 17.9. The van der Waals surface area contributed by atoms with Gasteiger partial charge in [-0.3, -0.25) is 9.59 Å². The van der Waals surface area contributed by atoms with Crippen molar-refractivity contribution in [1.82, 2.24) is 14.9 Å². The van der Waals surface area contributed by atoms with E-state index in [-0.39, 0.29) is 11.7 Å². The quantitative estimate of drug-likeness (QED) is 0.624. The summed E-state index contributed by atoms with van der Waals surface area (Å²) in [5, 5.41) is 1.40. The Bertz CT molecular complexity index is 1030. The van der Waals surface area contributed by atoms with Crippen molar-refractivity contribution >= 4 is 45.1 Å². The van der Waals surface area contributed by atoms with E-state index in [1.54, 1.807) is 23.3 Å². The molecule has 0 spiro atoms. The topological polar surface area (TPSA) is 89.2 Å². The summed E-state index contributed by atoms with van der Waals surface area (Å²) in [6.07, 6.45) is 0. The van der Waals surface area contributed by atoms with E-state index in [4.69, 9.17) is 5.73 Å². The van der Waals surface area contributed by atoms with Crippen LogP contribution >= 0.6 is 23.1 Å². The molecule has 6 nitrogen and oxygen atoms in total. The molecule has 8 heteroatoms. The highest BCUT2D eigenvalue weighted by Gasteiger charge is 2.19. The molecule has 0 saturated carbocycles. The van der Waals surface area contributed by atoms with Gasteiger partial charge in [-0.05, 0) is 44.0 Å². The molecule has 0 saturated heterocycles. The van der Waals surface area contributed by atoms with Gasteiger partial charge in [0.1, 0.15) is 10.0 Å². The van der Waals surface area contributed by atoms with Crippen molar-refractivity contribution in [3.05, 3.63) is 51.7 Å². The first-order chi connectivity index (χ1) is 13.3. The Morgan fingerprint density at radius 3 is 2.54 bits per heavy atom. The largest absolute Gasteiger partial charge is 0.366 e. The number of nitrogens with two attached hydrogens (primary N) is 1. The molecule has 3 aromatic rings. The van der Waals surface area contributed by atoms with E-state index in [0.717, 1.165) is 32.0 Å². The molecule has 0 aliphatic heterocycles. The molecule has 28 heavy (non-hydrogen) atoms. The highest BCUT2D eigenvalue weighted by molar-refractivity contribution is 8.00. The fraction of sp³-hybridized carbons (Fsp3) is 0.300. The number of carbonyl (C=O) groups excluding carboxylic acids is 2. The van der Waals surface area contributed by atoms with Crippen LogP contribution in [0.1, 0.15) is 32.2 Å². The summed E-state index contributed by atoms with van der Waals surface area (Å²) in [4.78, 5) is 35.2. The van der Waals surface area contributed by atoms with Crippen LogP contribution in [0.15, 0.2) is 29.3 Å². The molecule has 0 unspecified atom stereocenters. The van der Waals surface area contributed by atoms with Gasteiger partial charge in [0, 0.05) is 12.7 Å². The lowest BCUT2D eigenvalue weighted by molar-refractivity contribution is -0.127. The highest BCUT2D eigenvalue weighted by Crippen LogP contribution is 2.27. The molecule has 2 amide bonds. The zero-order chi connectivity index (χ0) is 20.4. The average Bonchev–Trinajstić information content (AvgIpc) is 3.05. The predicted molar refractivity (Wildman–Crippen MR) is 114 cm³/mol. The summed E-state index contributed by atoms with van der Waals surface area (Å²) in [7, 11) is 1.75. The smallest absolute Gasteiger partial charge is 0.251 e. The number of carbonyl (C=O) groups is 2. The number of thioether (sulfide) groups is 1. The number of fused-ring (bicyclic) bond motifs is 1. The van der Waals surface area contributed by atoms with Crippen molar-refractivity contribution in [1.29, 1.82) is 0 Å². The van der Waals surface area contributed by atoms with Crippen molar-refractivity contribution in [2.45, 2.75) is 32.3 Å². The molecular weight excluding hydrogens is 392 g/mol. The number of rotatable bonds is 6. The van der Waals surface area contributed by atoms with E-state index in [9.17, 15) is 9.59 Å². The average molecular weight is 415 g/mol. The molecule has 0 radical (unpaired) electrons. The van der Waals surface area contributed by atoms with Gasteiger partial charge in [0.2, 0.25) is 5.91 Å². The minimum atomic E-state index is -0.522. The fourth-order valence-electron chi connectivity index (χ4n) is 2.82. The molecule has 0 aliphatic rings. The SMILES string of the molecule is Cc1nc(SCC(=O)N(C)Cc2nc3ccccc3s2)c(C(N)=O)c(C)c1C. The number of thiazole rings is 1. The normalized spacial score (nSPS) is 11.0. The van der Waals surface area contributed by atoms with E-state index in [2.05, 4.69) is 9.97 Å². The molecule has 0 fully saturated rings. The first-order valence-electron chi connectivity index (χ1n) is 8.76. The van der Waals surface area contributed by atoms with Crippen molar-refractivity contribution in [2.24, 2.45) is 5.73 Å². The van der Waals surface area contributed by atoms with Gasteiger partial charge in [0.25, 0.3) is 5.91 Å². The minimum absolute atomic E-state index is 0.0580. The number of aromatic nitrogens is 2. The minimum Gasteiger partial charge on any atom is -0.366 e. The Balaban J connectivity index is 1.70. The van der Waals surface area contributed by atoms with Crippen LogP contribution in [0.4, 0.5) is 0 Å². The number of pyridine rings is 1. The standard InChI is InChI=1S/C20H22N4O2S2/c1-11-12(2)18(19(21)26)20(22-13(11)3)27-10-17(25)24(4)9-16-23-14-7-5-6-8-15(14)28-16/h5-8H,9-10H2,1-4H3,(H2,21,26). The molecule has 2 aromatic heterocycles. The lowest BCUT2D eigenvalue weighted by Crippen LogP contribution is -2.28. The second-order valence-corrected chi connectivity index (χ2v) is 8.68. The van der Waals surface area contributed by atoms with Crippen LogP contribution in [-0.2, 0) is 11.3 Å². The Kier molecular flexibility index (Phi) is 6.00. The Hall–Kier alpha value is -2.45. The van der Waals surface area contributed by atoms with Gasteiger partial charge in [-0.2, -0.15) is 0 Å². The summed E-state index contributed by atoms with van der Waals surface area (Å²) >= 11 is 2.83. The summed E-state index contributed by atoms with van der Waals surface area (Å²) in [5.41, 5.74) is 9.48. The molecule has 1 aromatic carbocycles. The summed E-state index contributed by atoms with van der Waals surface area (Å²) in [6.45, 7) is 6.10. The Labute approximate surface area is 172 Å². The van der Waals surface area contributed by atoms with E-state index < -0.39 is 5.91 Å². The van der Waals surface area contributed by atoms with E-state index in [1.165, 1.54) is 11.8 Å². The van der Waals surface area contributed by atoms with Crippen LogP contribution < -0.4 is 5.73 Å². The molecule has 2 N–H and O–H groups in total. The van der Waals surface area contributed by atoms with Crippen molar-refractivity contribution in [3.8, 4) is 0 Å². The van der Waals surface area contributed by atoms with Crippen molar-refractivity contribution in [2.75, 3.05) is 12.8 Å². The van der Waals surface area contributed by atoms with E-state index in [0.29, 0.717) is 17.1 Å². The Morgan fingerprint density at radius 2 is 1.86 bits per heavy atom. The first-order valence-corrected chi connectivity index (χ1v) is 10.6. The number of hydrogen-bond acceptors (Lipinski definition) is 6. The number of para-hydroxylation sites is 1. The monoisotopic (exact) mass is 414 g/mol. The Morgan fingerprint density at radius 1 is 1.14 bits per heavy atom. The van der Waals surface area contributed by atoms with Crippen LogP contribution in [0.2, 0.25) is 0 Å². The van der Waals surface area contributed by atoms with Crippen LogP contribution in [0, 0.1) is 20.8 Å². The van der Waals surface area contributed by atoms with Crippen LogP contribution in [0.25, 0.3) is 10.2 Å². The molecular formula is C20H22N4O2S2. The second-order valence-electron chi connectivity index (χ2n) is 6.61. The maximum absolute atomic E-state index is 12.6. The van der Waals surface area contributed by atoms with Gasteiger partial charge < -0.3 is 10.6 Å². The number of amides is 2. The van der Waals surface area contributed by atoms with Gasteiger partial charge in [0.15, 0.2) is 0 Å². The van der Waals surface area contributed by atoms with E-state index in [1.807, 2.05) is 45.0 Å². The first kappa shape index (κ1) is 20.3. The maximum Gasteiger partial charge on any atom is 0.251 e. The van der Waals surface area contributed by atoms with Gasteiger partial charge >= 0.3 is 0 Å². The van der Waals surface area contributed by atoms with Gasteiger partial charge in [-0.1, -0.05) is 23.9 Å². The molecule has 0 atom stereocenters. The molecule has 3 rings (SSSR count). The van der Waals surface area contributed by atoms with Crippen molar-refractivity contribution in [3.63, 3.8) is 0 Å². The number of benzene rings is 1. The molecule has 146 valence electrons.